The van der Waals surface area contributed by atoms with E-state index in [-0.39, 0.29) is 11.9 Å². The van der Waals surface area contributed by atoms with Crippen molar-refractivity contribution in [3.63, 3.8) is 0 Å². The van der Waals surface area contributed by atoms with E-state index in [0.29, 0.717) is 11.3 Å². The van der Waals surface area contributed by atoms with Crippen LogP contribution in [-0.4, -0.2) is 43.0 Å². The molecule has 5 nitrogen and oxygen atoms in total. The smallest absolute Gasteiger partial charge is 0.253 e. The van der Waals surface area contributed by atoms with E-state index in [1.807, 2.05) is 12.1 Å². The summed E-state index contributed by atoms with van der Waals surface area (Å²) < 4.78 is 0. The van der Waals surface area contributed by atoms with Crippen LogP contribution in [0.1, 0.15) is 34.3 Å². The fourth-order valence-corrected chi connectivity index (χ4v) is 5.12. The van der Waals surface area contributed by atoms with Crippen LogP contribution in [0.15, 0.2) is 72.8 Å². The van der Waals surface area contributed by atoms with E-state index in [2.05, 4.69) is 63.6 Å². The van der Waals surface area contributed by atoms with Crippen LogP contribution in [0.25, 0.3) is 0 Å². The van der Waals surface area contributed by atoms with Gasteiger partial charge in [0.2, 0.25) is 0 Å². The number of carbonyl (C=O) groups excluding carboxylic acids is 1. The van der Waals surface area contributed by atoms with E-state index in [0.717, 1.165) is 51.9 Å². The molecule has 1 saturated heterocycles. The Morgan fingerprint density at radius 2 is 1.39 bits per heavy atom. The third-order valence-corrected chi connectivity index (χ3v) is 7.00. The van der Waals surface area contributed by atoms with Gasteiger partial charge in [-0.1, -0.05) is 48.5 Å². The van der Waals surface area contributed by atoms with Crippen LogP contribution >= 0.6 is 0 Å². The Balaban J connectivity index is 1.20. The van der Waals surface area contributed by atoms with Crippen LogP contribution in [0, 0.1) is 0 Å². The van der Waals surface area contributed by atoms with Crippen LogP contribution in [0.5, 0.6) is 0 Å². The quantitative estimate of drug-likeness (QED) is 0.578. The van der Waals surface area contributed by atoms with Crippen molar-refractivity contribution in [2.75, 3.05) is 36.8 Å². The number of hydrogen-bond donors (Lipinski definition) is 2. The van der Waals surface area contributed by atoms with Crippen molar-refractivity contribution in [1.82, 2.24) is 10.2 Å². The molecule has 0 radical (unpaired) electrons. The highest BCUT2D eigenvalue weighted by molar-refractivity contribution is 5.99. The van der Waals surface area contributed by atoms with E-state index in [1.165, 1.54) is 22.5 Å². The molecule has 2 heterocycles. The predicted octanol–water partition coefficient (Wildman–Crippen LogP) is 4.40. The number of para-hydroxylation sites is 3. The Kier molecular flexibility index (Phi) is 6.31. The fraction of sp³-hybridized carbons (Fsp3) is 0.321. The molecule has 5 rings (SSSR count). The molecule has 0 saturated carbocycles. The number of hydrogen-bond acceptors (Lipinski definition) is 4. The monoisotopic (exact) mass is 440 g/mol. The minimum Gasteiger partial charge on any atom is -0.398 e. The van der Waals surface area contributed by atoms with Crippen LogP contribution in [-0.2, 0) is 12.8 Å². The van der Waals surface area contributed by atoms with Crippen molar-refractivity contribution in [3.8, 4) is 0 Å². The van der Waals surface area contributed by atoms with E-state index in [4.69, 9.17) is 5.73 Å². The van der Waals surface area contributed by atoms with Crippen molar-refractivity contribution in [3.05, 3.63) is 89.5 Å². The summed E-state index contributed by atoms with van der Waals surface area (Å²) in [7, 11) is 0. The lowest BCUT2D eigenvalue weighted by atomic mass is 10.0. The maximum absolute atomic E-state index is 12.6. The van der Waals surface area contributed by atoms with Gasteiger partial charge in [-0.3, -0.25) is 4.79 Å². The average Bonchev–Trinajstić information content (AvgIpc) is 3.01. The Labute approximate surface area is 196 Å². The van der Waals surface area contributed by atoms with Gasteiger partial charge in [-0.05, 0) is 61.1 Å². The van der Waals surface area contributed by atoms with Crippen molar-refractivity contribution >= 4 is 23.0 Å². The van der Waals surface area contributed by atoms with E-state index in [1.54, 1.807) is 12.1 Å². The third-order valence-electron chi connectivity index (χ3n) is 7.00. The number of carbonyl (C=O) groups is 1. The first-order chi connectivity index (χ1) is 16.2. The molecule has 0 unspecified atom stereocenters. The molecule has 33 heavy (non-hydrogen) atoms. The third kappa shape index (κ3) is 4.74. The average molecular weight is 441 g/mol. The number of amides is 1. The van der Waals surface area contributed by atoms with Gasteiger partial charge in [-0.2, -0.15) is 0 Å². The van der Waals surface area contributed by atoms with Gasteiger partial charge >= 0.3 is 0 Å². The highest BCUT2D eigenvalue weighted by atomic mass is 16.1. The van der Waals surface area contributed by atoms with Gasteiger partial charge in [-0.15, -0.1) is 0 Å². The lowest BCUT2D eigenvalue weighted by Gasteiger charge is -2.35. The summed E-state index contributed by atoms with van der Waals surface area (Å²) in [5, 5.41) is 3.18. The molecule has 3 aromatic rings. The van der Waals surface area contributed by atoms with E-state index >= 15 is 0 Å². The van der Waals surface area contributed by atoms with Gasteiger partial charge in [0, 0.05) is 49.3 Å². The number of rotatable bonds is 5. The summed E-state index contributed by atoms with van der Waals surface area (Å²) >= 11 is 0. The van der Waals surface area contributed by atoms with E-state index < -0.39 is 0 Å². The van der Waals surface area contributed by atoms with Gasteiger partial charge in [-0.25, -0.2) is 0 Å². The fourth-order valence-electron chi connectivity index (χ4n) is 5.12. The molecule has 2 aliphatic rings. The normalized spacial score (nSPS) is 16.5. The zero-order valence-electron chi connectivity index (χ0n) is 19.0. The molecule has 3 aromatic carbocycles. The Morgan fingerprint density at radius 1 is 0.818 bits per heavy atom. The minimum absolute atomic E-state index is 0.0654. The Morgan fingerprint density at radius 3 is 2.03 bits per heavy atom. The van der Waals surface area contributed by atoms with Crippen molar-refractivity contribution in [1.29, 1.82) is 0 Å². The lowest BCUT2D eigenvalue weighted by Crippen LogP contribution is -2.46. The SMILES string of the molecule is Nc1ccccc1C(=O)NC1CCN(CCN2c3ccccc3CCc3ccccc32)CC1. The van der Waals surface area contributed by atoms with Crippen molar-refractivity contribution < 1.29 is 4.79 Å². The van der Waals surface area contributed by atoms with Crippen LogP contribution in [0.3, 0.4) is 0 Å². The number of nitrogens with one attached hydrogen (secondary N) is 1. The highest BCUT2D eigenvalue weighted by Gasteiger charge is 2.24. The summed E-state index contributed by atoms with van der Waals surface area (Å²) in [4.78, 5) is 17.6. The van der Waals surface area contributed by atoms with Gasteiger partial charge in [0.1, 0.15) is 0 Å². The maximum Gasteiger partial charge on any atom is 0.253 e. The summed E-state index contributed by atoms with van der Waals surface area (Å²) in [6, 6.07) is 25.1. The number of anilines is 3. The second kappa shape index (κ2) is 9.67. The van der Waals surface area contributed by atoms with E-state index in [9.17, 15) is 4.79 Å². The first-order valence-electron chi connectivity index (χ1n) is 12.0. The summed E-state index contributed by atoms with van der Waals surface area (Å²) in [5.74, 6) is -0.0654. The zero-order valence-corrected chi connectivity index (χ0v) is 19.0. The van der Waals surface area contributed by atoms with Gasteiger partial charge in [0.05, 0.1) is 5.56 Å². The number of likely N-dealkylation sites (tertiary alicyclic amines) is 1. The molecule has 0 spiro atoms. The predicted molar refractivity (Wildman–Crippen MR) is 135 cm³/mol. The molecule has 0 bridgehead atoms. The van der Waals surface area contributed by atoms with Gasteiger partial charge in [0.25, 0.3) is 5.91 Å². The topological polar surface area (TPSA) is 61.6 Å². The molecule has 0 aromatic heterocycles. The van der Waals surface area contributed by atoms with Gasteiger partial charge < -0.3 is 20.9 Å². The number of piperidine rings is 1. The van der Waals surface area contributed by atoms with Crippen molar-refractivity contribution in [2.24, 2.45) is 0 Å². The summed E-state index contributed by atoms with van der Waals surface area (Å²) in [6.07, 6.45) is 4.10. The molecule has 5 heteroatoms. The van der Waals surface area contributed by atoms with Crippen LogP contribution < -0.4 is 16.0 Å². The Bertz CT molecular complexity index is 1070. The molecular weight excluding hydrogens is 408 g/mol. The molecule has 2 aliphatic heterocycles. The second-order valence-corrected chi connectivity index (χ2v) is 9.09. The summed E-state index contributed by atoms with van der Waals surface area (Å²) in [5.41, 5.74) is 12.6. The van der Waals surface area contributed by atoms with Gasteiger partial charge in [0.15, 0.2) is 0 Å². The standard InChI is InChI=1S/C28H32N4O/c29-25-10-4-3-9-24(25)28(33)30-23-15-17-31(18-16-23)19-20-32-26-11-5-1-7-21(26)13-14-22-8-2-6-12-27(22)32/h1-12,23H,13-20,29H2,(H,30,33). The first-order valence-corrected chi connectivity index (χ1v) is 12.0. The first kappa shape index (κ1) is 21.5. The number of fused-ring (bicyclic) bond motifs is 2. The number of aryl methyl sites for hydroxylation is 2. The largest absolute Gasteiger partial charge is 0.398 e. The highest BCUT2D eigenvalue weighted by Crippen LogP contribution is 2.35. The van der Waals surface area contributed by atoms with Crippen molar-refractivity contribution in [2.45, 2.75) is 31.7 Å². The molecule has 170 valence electrons. The summed E-state index contributed by atoms with van der Waals surface area (Å²) in [6.45, 7) is 3.96. The molecule has 3 N–H and O–H groups in total. The second-order valence-electron chi connectivity index (χ2n) is 9.09. The lowest BCUT2D eigenvalue weighted by molar-refractivity contribution is 0.0913. The number of nitrogen functional groups attached to an aromatic ring is 1. The van der Waals surface area contributed by atoms with Crippen LogP contribution in [0.4, 0.5) is 17.1 Å². The zero-order chi connectivity index (χ0) is 22.6. The van der Waals surface area contributed by atoms with Crippen LogP contribution in [0.2, 0.25) is 0 Å². The number of benzene rings is 3. The maximum atomic E-state index is 12.6. The molecule has 1 fully saturated rings. The number of nitrogens with zero attached hydrogens (tertiary/aromatic N) is 2. The minimum atomic E-state index is -0.0654. The number of nitrogens with two attached hydrogens (primary N) is 1. The molecule has 1 amide bonds. The molecular formula is C28H32N4O. The Hall–Kier alpha value is -3.31. The molecule has 0 atom stereocenters. The molecule has 0 aliphatic carbocycles.